The van der Waals surface area contributed by atoms with Crippen molar-refractivity contribution in [2.24, 2.45) is 17.8 Å². The molecular formula is C38H44O8. The van der Waals surface area contributed by atoms with Gasteiger partial charge in [-0.1, -0.05) is 29.9 Å². The van der Waals surface area contributed by atoms with Gasteiger partial charge in [-0.05, 0) is 98.6 Å². The summed E-state index contributed by atoms with van der Waals surface area (Å²) in [6.07, 6.45) is 9.74. The van der Waals surface area contributed by atoms with Crippen LogP contribution in [0.3, 0.4) is 0 Å². The van der Waals surface area contributed by atoms with Gasteiger partial charge >= 0.3 is 0 Å². The molecule has 244 valence electrons. The predicted molar refractivity (Wildman–Crippen MR) is 171 cm³/mol. The number of fused-ring (bicyclic) bond motifs is 5. The molecule has 1 spiro atoms. The summed E-state index contributed by atoms with van der Waals surface area (Å²) in [5, 5.41) is 12.2. The van der Waals surface area contributed by atoms with E-state index in [-0.39, 0.29) is 46.4 Å². The smallest absolute Gasteiger partial charge is 0.293 e. The number of rotatable bonds is 7. The molecule has 1 aromatic carbocycles. The fraction of sp³-hybridized carbons (Fsp3) is 0.553. The van der Waals surface area contributed by atoms with E-state index < -0.39 is 34.4 Å². The first-order valence-electron chi connectivity index (χ1n) is 16.5. The van der Waals surface area contributed by atoms with Crippen LogP contribution in [0, 0.1) is 17.8 Å². The largest absolute Gasteiger partial charge is 0.507 e. The molecule has 8 rings (SSSR count). The van der Waals surface area contributed by atoms with Gasteiger partial charge in [-0.25, -0.2) is 0 Å². The Bertz CT molecular complexity index is 1690. The van der Waals surface area contributed by atoms with E-state index in [1.54, 1.807) is 25.2 Å². The number of hydrogen-bond donors (Lipinski definition) is 1. The van der Waals surface area contributed by atoms with Gasteiger partial charge in [0.1, 0.15) is 34.5 Å². The Morgan fingerprint density at radius 3 is 2.59 bits per heavy atom. The number of hydrogen-bond acceptors (Lipinski definition) is 8. The van der Waals surface area contributed by atoms with E-state index in [2.05, 4.69) is 19.6 Å². The van der Waals surface area contributed by atoms with Crippen LogP contribution in [0.5, 0.6) is 17.2 Å². The van der Waals surface area contributed by atoms with Crippen molar-refractivity contribution < 1.29 is 38.4 Å². The highest BCUT2D eigenvalue weighted by Crippen LogP contribution is 2.69. The van der Waals surface area contributed by atoms with Crippen LogP contribution in [0.15, 0.2) is 47.6 Å². The maximum absolute atomic E-state index is 15.0. The van der Waals surface area contributed by atoms with Crippen LogP contribution in [0.25, 0.3) is 0 Å². The molecule has 2 saturated carbocycles. The Morgan fingerprint density at radius 2 is 1.91 bits per heavy atom. The lowest BCUT2D eigenvalue weighted by atomic mass is 9.51. The van der Waals surface area contributed by atoms with Crippen LogP contribution in [0.1, 0.15) is 102 Å². The number of ether oxygens (including phenoxy) is 4. The van der Waals surface area contributed by atoms with E-state index in [0.29, 0.717) is 48.2 Å². The molecule has 3 heterocycles. The molecule has 8 heteroatoms. The molecule has 0 amide bonds. The van der Waals surface area contributed by atoms with Crippen LogP contribution in [-0.4, -0.2) is 51.7 Å². The lowest BCUT2D eigenvalue weighted by Crippen LogP contribution is -2.71. The SMILES string of the molecule is C=C(C)C1CC[C@]2(C)C[C@H]1c1c(O)c3c(c(CC=C(C)C)c1O2)O[C@]12C(=CC4CC1C(C)(C)OC2(C=CC(C)OC=O)C4=O)C3=O. The number of benzene rings is 1. The lowest BCUT2D eigenvalue weighted by molar-refractivity contribution is -0.160. The second-order valence-electron chi connectivity index (χ2n) is 15.4. The van der Waals surface area contributed by atoms with Crippen molar-refractivity contribution in [1.82, 2.24) is 0 Å². The molecule has 3 aliphatic heterocycles. The highest BCUT2D eigenvalue weighted by molar-refractivity contribution is 6.19. The molecule has 8 atom stereocenters. The molecule has 1 N–H and O–H groups in total. The summed E-state index contributed by atoms with van der Waals surface area (Å²) in [5.74, 6) is -0.685. The molecular weight excluding hydrogens is 584 g/mol. The van der Waals surface area contributed by atoms with Gasteiger partial charge in [0.25, 0.3) is 6.47 Å². The lowest BCUT2D eigenvalue weighted by Gasteiger charge is -2.56. The van der Waals surface area contributed by atoms with Crippen LogP contribution in [0.4, 0.5) is 0 Å². The van der Waals surface area contributed by atoms with Crippen LogP contribution >= 0.6 is 0 Å². The van der Waals surface area contributed by atoms with E-state index in [4.69, 9.17) is 18.9 Å². The van der Waals surface area contributed by atoms with Crippen molar-refractivity contribution in [2.75, 3.05) is 0 Å². The highest BCUT2D eigenvalue weighted by Gasteiger charge is 2.81. The summed E-state index contributed by atoms with van der Waals surface area (Å²) < 4.78 is 25.9. The Labute approximate surface area is 270 Å². The number of ketones is 2. The summed E-state index contributed by atoms with van der Waals surface area (Å²) in [6.45, 7) is 18.4. The number of allylic oxidation sites excluding steroid dienone is 4. The van der Waals surface area contributed by atoms with Crippen LogP contribution in [0.2, 0.25) is 0 Å². The van der Waals surface area contributed by atoms with E-state index in [9.17, 15) is 19.5 Å². The fourth-order valence-corrected chi connectivity index (χ4v) is 9.52. The third-order valence-corrected chi connectivity index (χ3v) is 11.6. The molecule has 8 nitrogen and oxygen atoms in total. The summed E-state index contributed by atoms with van der Waals surface area (Å²) in [5.41, 5.74) is -0.480. The van der Waals surface area contributed by atoms with Crippen molar-refractivity contribution in [1.29, 1.82) is 0 Å². The third-order valence-electron chi connectivity index (χ3n) is 11.6. The first-order chi connectivity index (χ1) is 21.6. The van der Waals surface area contributed by atoms with Gasteiger partial charge in [0.2, 0.25) is 0 Å². The van der Waals surface area contributed by atoms with Gasteiger partial charge in [0, 0.05) is 34.5 Å². The molecule has 1 saturated heterocycles. The van der Waals surface area contributed by atoms with Gasteiger partial charge in [0.15, 0.2) is 22.8 Å². The number of carbonyl (C=O) groups excluding carboxylic acids is 3. The topological polar surface area (TPSA) is 108 Å². The summed E-state index contributed by atoms with van der Waals surface area (Å²) in [6, 6.07) is 0. The highest BCUT2D eigenvalue weighted by atomic mass is 16.6. The van der Waals surface area contributed by atoms with Crippen molar-refractivity contribution in [3.8, 4) is 17.2 Å². The van der Waals surface area contributed by atoms with Gasteiger partial charge in [0.05, 0.1) is 5.60 Å². The molecule has 7 aliphatic rings. The molecule has 0 radical (unpaired) electrons. The minimum Gasteiger partial charge on any atom is -0.507 e. The Balaban J connectivity index is 1.52. The number of aromatic hydroxyl groups is 1. The van der Waals surface area contributed by atoms with E-state index in [1.807, 2.05) is 34.6 Å². The minimum absolute atomic E-state index is 0.0650. The second kappa shape index (κ2) is 9.93. The van der Waals surface area contributed by atoms with E-state index >= 15 is 0 Å². The van der Waals surface area contributed by atoms with Crippen molar-refractivity contribution in [3.05, 3.63) is 64.3 Å². The maximum Gasteiger partial charge on any atom is 0.293 e. The fourth-order valence-electron chi connectivity index (χ4n) is 9.52. The molecule has 5 unspecified atom stereocenters. The van der Waals surface area contributed by atoms with Crippen LogP contribution < -0.4 is 9.47 Å². The average Bonchev–Trinajstić information content (AvgIpc) is 3.12. The molecule has 6 bridgehead atoms. The summed E-state index contributed by atoms with van der Waals surface area (Å²) >= 11 is 0. The first-order valence-corrected chi connectivity index (χ1v) is 16.5. The summed E-state index contributed by atoms with van der Waals surface area (Å²) in [4.78, 5) is 40.4. The van der Waals surface area contributed by atoms with E-state index in [0.717, 1.165) is 24.0 Å². The standard InChI is InChI=1S/C38H44O8/c1-19(2)9-10-24-32-28(25-17-36(8,44-32)13-12-23(25)20(3)4)31(41)29-30(40)26-15-22-16-27-35(6,7)46-37(34(22)42,14-11-21(5)43-18-39)38(26,27)45-33(24)29/h9,11,14-15,18,21-23,25,27,41H,3,10,12-13,16-17H2,1-2,4-8H3/t21?,22?,23?,25-,27?,36-,37?,38-/m1/s1. The van der Waals surface area contributed by atoms with Crippen molar-refractivity contribution in [2.45, 2.75) is 115 Å². The average molecular weight is 629 g/mol. The van der Waals surface area contributed by atoms with Gasteiger partial charge in [-0.2, -0.15) is 0 Å². The second-order valence-corrected chi connectivity index (χ2v) is 15.4. The predicted octanol–water partition coefficient (Wildman–Crippen LogP) is 6.64. The van der Waals surface area contributed by atoms with Crippen LogP contribution in [-0.2, 0) is 25.5 Å². The number of phenolic OH excluding ortho intramolecular Hbond substituents is 1. The normalized spacial score (nSPS) is 36.5. The Hall–Kier alpha value is -3.65. The van der Waals surface area contributed by atoms with Gasteiger partial charge in [-0.3, -0.25) is 14.4 Å². The molecule has 4 aliphatic carbocycles. The summed E-state index contributed by atoms with van der Waals surface area (Å²) in [7, 11) is 0. The molecule has 0 aromatic heterocycles. The number of Topliss-reactive ketones (excluding diaryl/α,β-unsaturated/α-hetero) is 2. The number of carbonyl (C=O) groups is 3. The molecule has 3 fully saturated rings. The van der Waals surface area contributed by atoms with Crippen molar-refractivity contribution in [3.63, 3.8) is 0 Å². The third kappa shape index (κ3) is 3.91. The maximum atomic E-state index is 15.0. The first kappa shape index (κ1) is 31.0. The zero-order valence-electron chi connectivity index (χ0n) is 27.8. The Morgan fingerprint density at radius 1 is 1.17 bits per heavy atom. The Kier molecular flexibility index (Phi) is 6.68. The van der Waals surface area contributed by atoms with Gasteiger partial charge in [-0.15, -0.1) is 0 Å². The van der Waals surface area contributed by atoms with Gasteiger partial charge < -0.3 is 24.1 Å². The quantitative estimate of drug-likeness (QED) is 0.265. The molecule has 1 aromatic rings. The number of phenols is 1. The minimum atomic E-state index is -1.64. The molecule has 46 heavy (non-hydrogen) atoms. The zero-order valence-corrected chi connectivity index (χ0v) is 27.8. The monoisotopic (exact) mass is 628 g/mol. The van der Waals surface area contributed by atoms with E-state index in [1.165, 1.54) is 0 Å². The van der Waals surface area contributed by atoms with Crippen molar-refractivity contribution >= 4 is 18.0 Å². The zero-order chi connectivity index (χ0) is 33.1.